The van der Waals surface area contributed by atoms with Crippen molar-refractivity contribution < 1.29 is 14.7 Å². The Morgan fingerprint density at radius 1 is 0.970 bits per heavy atom. The van der Waals surface area contributed by atoms with Crippen molar-refractivity contribution in [3.05, 3.63) is 112 Å². The van der Waals surface area contributed by atoms with E-state index in [9.17, 15) is 14.7 Å². The summed E-state index contributed by atoms with van der Waals surface area (Å²) >= 11 is 6.07. The van der Waals surface area contributed by atoms with Crippen molar-refractivity contribution >= 4 is 52.1 Å². The van der Waals surface area contributed by atoms with Gasteiger partial charge in [0.25, 0.3) is 0 Å². The summed E-state index contributed by atoms with van der Waals surface area (Å²) in [4.78, 5) is 27.7. The highest BCUT2D eigenvalue weighted by Gasteiger charge is 2.11. The Morgan fingerprint density at radius 3 is 2.61 bits per heavy atom. The second kappa shape index (κ2) is 10.1. The number of aromatic carboxylic acids is 1. The standard InChI is InChI=1S/C28H20ClNO3/c29-24-13-11-21-12-15-25(30-27(21)17-24)14-8-19-4-3-6-22(16-19)23(18-31)10-9-20-5-1-2-7-26(20)28(32)33/h1-8,11-17H,9-10H2,(H,32,33). The number of pyridine rings is 1. The highest BCUT2D eigenvalue weighted by atomic mass is 35.5. The zero-order chi connectivity index (χ0) is 23.2. The minimum Gasteiger partial charge on any atom is -0.478 e. The zero-order valence-electron chi connectivity index (χ0n) is 17.7. The molecule has 1 N–H and O–H groups in total. The molecule has 4 rings (SSSR count). The minimum atomic E-state index is -0.973. The maximum Gasteiger partial charge on any atom is 0.335 e. The molecule has 0 spiro atoms. The van der Waals surface area contributed by atoms with Crippen LogP contribution in [0.3, 0.4) is 0 Å². The number of fused-ring (bicyclic) bond motifs is 1. The average Bonchev–Trinajstić information content (AvgIpc) is 2.83. The first-order chi connectivity index (χ1) is 16.0. The molecule has 0 unspecified atom stereocenters. The number of benzene rings is 3. The van der Waals surface area contributed by atoms with Gasteiger partial charge in [0.15, 0.2) is 0 Å². The van der Waals surface area contributed by atoms with Gasteiger partial charge in [-0.25, -0.2) is 14.6 Å². The first kappa shape index (κ1) is 22.2. The lowest BCUT2D eigenvalue weighted by atomic mass is 9.96. The van der Waals surface area contributed by atoms with Crippen LogP contribution in [0.5, 0.6) is 0 Å². The molecule has 0 saturated carbocycles. The molecule has 4 nitrogen and oxygen atoms in total. The van der Waals surface area contributed by atoms with Crippen molar-refractivity contribution in [2.75, 3.05) is 0 Å². The van der Waals surface area contributed by atoms with Crippen molar-refractivity contribution in [2.24, 2.45) is 0 Å². The van der Waals surface area contributed by atoms with E-state index in [2.05, 4.69) is 4.98 Å². The second-order valence-electron chi connectivity index (χ2n) is 7.57. The molecule has 0 aliphatic heterocycles. The fraction of sp³-hybridized carbons (Fsp3) is 0.0714. The van der Waals surface area contributed by atoms with Gasteiger partial charge in [-0.3, -0.25) is 0 Å². The molecule has 4 aromatic rings. The van der Waals surface area contributed by atoms with Gasteiger partial charge in [0, 0.05) is 16.0 Å². The number of halogens is 1. The molecule has 0 atom stereocenters. The molecule has 0 bridgehead atoms. The number of carbonyl (C=O) groups is 1. The SMILES string of the molecule is O=C=C(CCc1ccccc1C(=O)O)c1cccc(C=Cc2ccc3ccc(Cl)cc3n2)c1. The number of hydrogen-bond acceptors (Lipinski definition) is 3. The molecule has 0 amide bonds. The lowest BCUT2D eigenvalue weighted by Crippen LogP contribution is -2.02. The molecule has 1 aromatic heterocycles. The second-order valence-corrected chi connectivity index (χ2v) is 8.01. The summed E-state index contributed by atoms with van der Waals surface area (Å²) < 4.78 is 0. The van der Waals surface area contributed by atoms with Crippen LogP contribution in [0, 0.1) is 0 Å². The summed E-state index contributed by atoms with van der Waals surface area (Å²) in [5.74, 6) is 1.06. The fourth-order valence-electron chi connectivity index (χ4n) is 3.67. The number of nitrogens with zero attached hydrogens (tertiary/aromatic N) is 1. The molecule has 0 aliphatic rings. The first-order valence-corrected chi connectivity index (χ1v) is 10.8. The van der Waals surface area contributed by atoms with Crippen LogP contribution in [0.2, 0.25) is 5.02 Å². The third kappa shape index (κ3) is 5.45. The number of aryl methyl sites for hydroxylation is 1. The number of carboxylic acid groups (broad SMARTS) is 1. The Morgan fingerprint density at radius 2 is 1.79 bits per heavy atom. The summed E-state index contributed by atoms with van der Waals surface area (Å²) in [7, 11) is 0. The molecule has 3 aromatic carbocycles. The third-order valence-electron chi connectivity index (χ3n) is 5.37. The van der Waals surface area contributed by atoms with Crippen molar-refractivity contribution in [3.8, 4) is 0 Å². The summed E-state index contributed by atoms with van der Waals surface area (Å²) in [6, 6.07) is 24.0. The van der Waals surface area contributed by atoms with Gasteiger partial charge >= 0.3 is 5.97 Å². The number of rotatable bonds is 7. The first-order valence-electron chi connectivity index (χ1n) is 10.4. The van der Waals surface area contributed by atoms with Gasteiger partial charge in [0.1, 0.15) is 5.94 Å². The number of carboxylic acids is 1. The van der Waals surface area contributed by atoms with Crippen LogP contribution >= 0.6 is 11.6 Å². The summed E-state index contributed by atoms with van der Waals surface area (Å²) in [6.45, 7) is 0. The van der Waals surface area contributed by atoms with E-state index >= 15 is 0 Å². The van der Waals surface area contributed by atoms with Crippen molar-refractivity contribution in [1.29, 1.82) is 0 Å². The summed E-state index contributed by atoms with van der Waals surface area (Å²) in [6.07, 6.45) is 4.68. The van der Waals surface area contributed by atoms with Crippen LogP contribution in [0.4, 0.5) is 0 Å². The molecule has 0 radical (unpaired) electrons. The van der Waals surface area contributed by atoms with Crippen LogP contribution < -0.4 is 0 Å². The van der Waals surface area contributed by atoms with Crippen molar-refractivity contribution in [1.82, 2.24) is 4.98 Å². The summed E-state index contributed by atoms with van der Waals surface area (Å²) in [5.41, 5.74) is 4.75. The van der Waals surface area contributed by atoms with Crippen molar-refractivity contribution in [2.45, 2.75) is 12.8 Å². The normalized spacial score (nSPS) is 10.9. The highest BCUT2D eigenvalue weighted by Crippen LogP contribution is 2.22. The van der Waals surface area contributed by atoms with Gasteiger partial charge in [-0.15, -0.1) is 0 Å². The van der Waals surface area contributed by atoms with Crippen LogP contribution in [-0.4, -0.2) is 22.0 Å². The smallest absolute Gasteiger partial charge is 0.335 e. The van der Waals surface area contributed by atoms with Gasteiger partial charge in [-0.05, 0) is 65.9 Å². The lowest BCUT2D eigenvalue weighted by molar-refractivity contribution is 0.0695. The molecule has 0 fully saturated rings. The number of carbonyl (C=O) groups excluding carboxylic acids is 1. The molecule has 5 heteroatoms. The third-order valence-corrected chi connectivity index (χ3v) is 5.61. The van der Waals surface area contributed by atoms with E-state index in [0.29, 0.717) is 29.0 Å². The Balaban J connectivity index is 1.52. The maximum atomic E-state index is 11.7. The van der Waals surface area contributed by atoms with E-state index in [1.807, 2.05) is 72.7 Å². The van der Waals surface area contributed by atoms with E-state index in [4.69, 9.17) is 11.6 Å². The summed E-state index contributed by atoms with van der Waals surface area (Å²) in [5, 5.41) is 11.0. The zero-order valence-corrected chi connectivity index (χ0v) is 18.4. The topological polar surface area (TPSA) is 67.3 Å². The molecular weight excluding hydrogens is 434 g/mol. The maximum absolute atomic E-state index is 11.7. The quantitative estimate of drug-likeness (QED) is 0.320. The minimum absolute atomic E-state index is 0.253. The lowest BCUT2D eigenvalue weighted by Gasteiger charge is -2.08. The van der Waals surface area contributed by atoms with Crippen molar-refractivity contribution in [3.63, 3.8) is 0 Å². The van der Waals surface area contributed by atoms with Crippen LogP contribution in [0.25, 0.3) is 28.6 Å². The van der Waals surface area contributed by atoms with Crippen LogP contribution in [-0.2, 0) is 11.2 Å². The number of allylic oxidation sites excluding steroid dienone is 1. The van der Waals surface area contributed by atoms with Gasteiger partial charge < -0.3 is 5.11 Å². The molecule has 33 heavy (non-hydrogen) atoms. The van der Waals surface area contributed by atoms with Gasteiger partial charge in [0.05, 0.1) is 16.8 Å². The monoisotopic (exact) mass is 453 g/mol. The Hall–Kier alpha value is -3.98. The fourth-order valence-corrected chi connectivity index (χ4v) is 3.84. The van der Waals surface area contributed by atoms with E-state index in [0.717, 1.165) is 27.7 Å². The predicted molar refractivity (Wildman–Crippen MR) is 133 cm³/mol. The van der Waals surface area contributed by atoms with E-state index in [1.165, 1.54) is 0 Å². The van der Waals surface area contributed by atoms with Gasteiger partial charge in [0.2, 0.25) is 0 Å². The Kier molecular flexibility index (Phi) is 6.80. The molecular formula is C28H20ClNO3. The average molecular weight is 454 g/mol. The Labute approximate surface area is 196 Å². The predicted octanol–water partition coefficient (Wildman–Crippen LogP) is 6.60. The van der Waals surface area contributed by atoms with Gasteiger partial charge in [-0.1, -0.05) is 66.2 Å². The van der Waals surface area contributed by atoms with E-state index in [-0.39, 0.29) is 5.56 Å². The molecule has 1 heterocycles. The van der Waals surface area contributed by atoms with E-state index in [1.54, 1.807) is 24.3 Å². The molecule has 0 aliphatic carbocycles. The van der Waals surface area contributed by atoms with Crippen LogP contribution in [0.15, 0.2) is 78.9 Å². The van der Waals surface area contributed by atoms with Crippen LogP contribution in [0.1, 0.15) is 39.2 Å². The molecule has 162 valence electrons. The Bertz CT molecular complexity index is 1420. The van der Waals surface area contributed by atoms with Gasteiger partial charge in [-0.2, -0.15) is 0 Å². The number of hydrogen-bond donors (Lipinski definition) is 1. The largest absolute Gasteiger partial charge is 0.478 e. The highest BCUT2D eigenvalue weighted by molar-refractivity contribution is 6.31. The van der Waals surface area contributed by atoms with E-state index < -0.39 is 5.97 Å². The number of aromatic nitrogens is 1. The molecule has 0 saturated heterocycles.